The Morgan fingerprint density at radius 3 is 2.62 bits per heavy atom. The van der Waals surface area contributed by atoms with Crippen molar-refractivity contribution in [3.8, 4) is 0 Å². The molecule has 2 N–H and O–H groups in total. The van der Waals surface area contributed by atoms with Crippen LogP contribution < -0.4 is 15.5 Å². The molecule has 2 aromatic heterocycles. The molecule has 0 bridgehead atoms. The van der Waals surface area contributed by atoms with Crippen molar-refractivity contribution in [3.63, 3.8) is 0 Å². The number of piperazine rings is 1. The van der Waals surface area contributed by atoms with Crippen LogP contribution >= 0.6 is 0 Å². The van der Waals surface area contributed by atoms with Gasteiger partial charge in [0.05, 0.1) is 12.6 Å². The number of hydrogen-bond donors (Lipinski definition) is 2. The smallest absolute Gasteiger partial charge is 0.228 e. The molecule has 0 spiro atoms. The van der Waals surface area contributed by atoms with Crippen molar-refractivity contribution in [2.75, 3.05) is 36.4 Å². The van der Waals surface area contributed by atoms with E-state index in [2.05, 4.69) is 33.3 Å². The Bertz CT molecular complexity index is 1150. The number of hydrogen-bond acceptors (Lipinski definition) is 6. The molecule has 0 unspecified atom stereocenters. The zero-order chi connectivity index (χ0) is 21.8. The lowest BCUT2D eigenvalue weighted by atomic mass is 10.1. The van der Waals surface area contributed by atoms with Crippen LogP contribution in [0.3, 0.4) is 0 Å². The first-order valence-corrected chi connectivity index (χ1v) is 11.4. The summed E-state index contributed by atoms with van der Waals surface area (Å²) in [5.74, 6) is 2.35. The molecule has 2 saturated heterocycles. The molecule has 0 radical (unpaired) electrons. The number of fused-ring (bicyclic) bond motifs is 1. The van der Waals surface area contributed by atoms with Crippen LogP contribution in [0.5, 0.6) is 0 Å². The molecule has 0 aromatic carbocycles. The Morgan fingerprint density at radius 2 is 1.97 bits per heavy atom. The topological polar surface area (TPSA) is 94.9 Å². The fourth-order valence-electron chi connectivity index (χ4n) is 4.41. The van der Waals surface area contributed by atoms with Gasteiger partial charge in [0.25, 0.3) is 0 Å². The van der Waals surface area contributed by atoms with Crippen molar-refractivity contribution in [1.82, 2.24) is 24.8 Å². The van der Waals surface area contributed by atoms with Gasteiger partial charge in [-0.1, -0.05) is 6.58 Å². The van der Waals surface area contributed by atoms with Crippen LogP contribution in [0.15, 0.2) is 30.1 Å². The molecule has 9 nitrogen and oxygen atoms in total. The van der Waals surface area contributed by atoms with Gasteiger partial charge in [-0.2, -0.15) is 9.61 Å². The van der Waals surface area contributed by atoms with Crippen molar-refractivity contribution < 1.29 is 9.59 Å². The fourth-order valence-corrected chi connectivity index (χ4v) is 4.41. The fraction of sp³-hybridized carbons (Fsp3) is 0.478. The van der Waals surface area contributed by atoms with Crippen LogP contribution in [-0.4, -0.2) is 63.5 Å². The molecule has 2 aliphatic carbocycles. The molecule has 2 amide bonds. The molecule has 4 fully saturated rings. The van der Waals surface area contributed by atoms with E-state index in [9.17, 15) is 9.59 Å². The number of anilines is 2. The molecule has 4 aliphatic rings. The largest absolute Gasteiger partial charge is 0.367 e. The van der Waals surface area contributed by atoms with Crippen LogP contribution in [-0.2, 0) is 9.59 Å². The third kappa shape index (κ3) is 3.61. The molecule has 6 rings (SSSR count). The third-order valence-corrected chi connectivity index (χ3v) is 6.62. The van der Waals surface area contributed by atoms with E-state index >= 15 is 0 Å². The van der Waals surface area contributed by atoms with Gasteiger partial charge in [0.1, 0.15) is 11.6 Å². The molecule has 2 saturated carbocycles. The second kappa shape index (κ2) is 7.36. The number of nitrogens with one attached hydrogen (secondary N) is 2. The number of amides is 2. The van der Waals surface area contributed by atoms with E-state index in [4.69, 9.17) is 4.98 Å². The molecule has 2 aromatic rings. The summed E-state index contributed by atoms with van der Waals surface area (Å²) < 4.78 is 1.84. The van der Waals surface area contributed by atoms with Crippen LogP contribution in [0, 0.1) is 5.92 Å². The van der Waals surface area contributed by atoms with Crippen LogP contribution in [0.1, 0.15) is 37.7 Å². The number of rotatable bonds is 5. The number of carbonyl (C=O) groups excluding carboxylic acids is 2. The zero-order valence-corrected chi connectivity index (χ0v) is 18.0. The number of aromatic nitrogens is 3. The highest BCUT2D eigenvalue weighted by Gasteiger charge is 2.35. The average Bonchev–Trinajstić information content (AvgIpc) is 3.71. The molecular weight excluding hydrogens is 406 g/mol. The number of allylic oxidation sites excluding steroid dienone is 1. The van der Waals surface area contributed by atoms with Crippen LogP contribution in [0.2, 0.25) is 0 Å². The average molecular weight is 434 g/mol. The maximum Gasteiger partial charge on any atom is 0.228 e. The van der Waals surface area contributed by atoms with Gasteiger partial charge in [0.2, 0.25) is 11.8 Å². The maximum absolute atomic E-state index is 12.4. The number of nitrogens with zero attached hydrogens (tertiary/aromatic N) is 5. The van der Waals surface area contributed by atoms with Gasteiger partial charge in [-0.15, -0.1) is 0 Å². The molecule has 32 heavy (non-hydrogen) atoms. The Morgan fingerprint density at radius 1 is 1.19 bits per heavy atom. The van der Waals surface area contributed by atoms with Gasteiger partial charge in [0, 0.05) is 55.5 Å². The molecule has 166 valence electrons. The molecule has 2 aliphatic heterocycles. The third-order valence-electron chi connectivity index (χ3n) is 6.62. The van der Waals surface area contributed by atoms with E-state index in [1.165, 1.54) is 0 Å². The van der Waals surface area contributed by atoms with Crippen molar-refractivity contribution in [3.05, 3.63) is 35.7 Å². The Labute approximate surface area is 186 Å². The highest BCUT2D eigenvalue weighted by Crippen LogP contribution is 2.32. The van der Waals surface area contributed by atoms with E-state index in [0.29, 0.717) is 24.1 Å². The SMILES string of the molecule is C=C1NC(=O)C/C1=C\c1cnn2c(NC3CC3)cc(N3CCN(C(=O)C4CC4)CC3)nc12. The summed E-state index contributed by atoms with van der Waals surface area (Å²) in [4.78, 5) is 33.3. The van der Waals surface area contributed by atoms with Gasteiger partial charge in [-0.05, 0) is 37.3 Å². The normalized spacial score (nSPS) is 22.7. The predicted octanol–water partition coefficient (Wildman–Crippen LogP) is 1.78. The van der Waals surface area contributed by atoms with Crippen LogP contribution in [0.4, 0.5) is 11.6 Å². The lowest BCUT2D eigenvalue weighted by Gasteiger charge is -2.35. The molecular formula is C23H27N7O2. The first-order chi connectivity index (χ1) is 15.5. The maximum atomic E-state index is 12.4. The van der Waals surface area contributed by atoms with Gasteiger partial charge in [0.15, 0.2) is 5.65 Å². The van der Waals surface area contributed by atoms with E-state index in [1.807, 2.05) is 15.5 Å². The quantitative estimate of drug-likeness (QED) is 0.747. The zero-order valence-electron chi connectivity index (χ0n) is 18.0. The highest BCUT2D eigenvalue weighted by atomic mass is 16.2. The Balaban J connectivity index is 1.31. The standard InChI is InChI=1S/C23H27N7O2/c1-14-16(11-21(31)25-14)10-17-13-24-30-20(26-18-4-5-18)12-19(27-22(17)30)28-6-8-29(9-7-28)23(32)15-2-3-15/h10,12-13,15,18,26H,1-9,11H2,(H,25,31)/b16-10+. The summed E-state index contributed by atoms with van der Waals surface area (Å²) in [6.07, 6.45) is 8.47. The van der Waals surface area contributed by atoms with Gasteiger partial charge >= 0.3 is 0 Å². The van der Waals surface area contributed by atoms with E-state index in [0.717, 1.165) is 80.3 Å². The Hall–Kier alpha value is -3.36. The van der Waals surface area contributed by atoms with Crippen molar-refractivity contribution in [2.24, 2.45) is 5.92 Å². The van der Waals surface area contributed by atoms with Crippen LogP contribution in [0.25, 0.3) is 11.7 Å². The first kappa shape index (κ1) is 19.3. The predicted molar refractivity (Wildman–Crippen MR) is 121 cm³/mol. The molecule has 9 heteroatoms. The minimum Gasteiger partial charge on any atom is -0.367 e. The van der Waals surface area contributed by atoms with Gasteiger partial charge in [-0.3, -0.25) is 9.59 Å². The molecule has 0 atom stereocenters. The summed E-state index contributed by atoms with van der Waals surface area (Å²) in [6.45, 7) is 6.94. The van der Waals surface area contributed by atoms with Gasteiger partial charge in [-0.25, -0.2) is 4.98 Å². The Kier molecular flexibility index (Phi) is 4.44. The first-order valence-electron chi connectivity index (χ1n) is 11.4. The van der Waals surface area contributed by atoms with Gasteiger partial charge < -0.3 is 20.4 Å². The monoisotopic (exact) mass is 433 g/mol. The minimum absolute atomic E-state index is 0.0407. The minimum atomic E-state index is -0.0407. The summed E-state index contributed by atoms with van der Waals surface area (Å²) in [5, 5.41) is 10.9. The second-order valence-corrected chi connectivity index (χ2v) is 9.21. The highest BCUT2D eigenvalue weighted by molar-refractivity contribution is 5.89. The lowest BCUT2D eigenvalue weighted by Crippen LogP contribution is -2.49. The summed E-state index contributed by atoms with van der Waals surface area (Å²) in [5.41, 5.74) is 3.11. The van der Waals surface area contributed by atoms with Crippen molar-refractivity contribution in [1.29, 1.82) is 0 Å². The summed E-state index contributed by atoms with van der Waals surface area (Å²) in [6, 6.07) is 2.54. The lowest BCUT2D eigenvalue weighted by molar-refractivity contribution is -0.132. The van der Waals surface area contributed by atoms with E-state index < -0.39 is 0 Å². The number of carbonyl (C=O) groups is 2. The molecule has 4 heterocycles. The van der Waals surface area contributed by atoms with Crippen molar-refractivity contribution >= 4 is 35.2 Å². The van der Waals surface area contributed by atoms with E-state index in [1.54, 1.807) is 6.20 Å². The summed E-state index contributed by atoms with van der Waals surface area (Å²) in [7, 11) is 0. The van der Waals surface area contributed by atoms with Crippen molar-refractivity contribution in [2.45, 2.75) is 38.1 Å². The summed E-state index contributed by atoms with van der Waals surface area (Å²) >= 11 is 0. The van der Waals surface area contributed by atoms with E-state index in [-0.39, 0.29) is 11.8 Å². The second-order valence-electron chi connectivity index (χ2n) is 9.21.